The summed E-state index contributed by atoms with van der Waals surface area (Å²) in [5.74, 6) is 0.671. The Morgan fingerprint density at radius 1 is 1.17 bits per heavy atom. The Kier molecular flexibility index (Phi) is 12.9. The van der Waals surface area contributed by atoms with E-state index in [-0.39, 0.29) is 29.7 Å². The maximum Gasteiger partial charge on any atom is 0.191 e. The Morgan fingerprint density at radius 2 is 1.79 bits per heavy atom. The molecule has 2 N–H and O–H groups in total. The molecule has 0 aliphatic heterocycles. The summed E-state index contributed by atoms with van der Waals surface area (Å²) in [7, 11) is 2.62. The molecule has 1 unspecified atom stereocenters. The van der Waals surface area contributed by atoms with Crippen LogP contribution in [0.25, 0.3) is 0 Å². The van der Waals surface area contributed by atoms with Crippen LogP contribution < -0.4 is 10.6 Å². The maximum atomic E-state index is 13.7. The largest absolute Gasteiger partial charge is 0.355 e. The summed E-state index contributed by atoms with van der Waals surface area (Å²) < 4.78 is 36.9. The number of nitrogens with one attached hydrogen (secondary N) is 2. The Labute approximate surface area is 192 Å². The molecule has 1 atom stereocenters. The van der Waals surface area contributed by atoms with Gasteiger partial charge in [0, 0.05) is 32.4 Å². The first-order chi connectivity index (χ1) is 13.1. The minimum atomic E-state index is -3.20. The van der Waals surface area contributed by atoms with Gasteiger partial charge in [0.2, 0.25) is 0 Å². The summed E-state index contributed by atoms with van der Waals surface area (Å²) in [6, 6.07) is 4.55. The molecule has 168 valence electrons. The van der Waals surface area contributed by atoms with Gasteiger partial charge in [-0.15, -0.1) is 24.0 Å². The molecule has 29 heavy (non-hydrogen) atoms. The minimum Gasteiger partial charge on any atom is -0.355 e. The van der Waals surface area contributed by atoms with E-state index in [1.165, 1.54) is 24.5 Å². The van der Waals surface area contributed by atoms with Gasteiger partial charge in [-0.3, -0.25) is 4.99 Å². The first kappa shape index (κ1) is 28.1. The average Bonchev–Trinajstić information content (AvgIpc) is 2.61. The molecule has 1 aromatic rings. The van der Waals surface area contributed by atoms with Gasteiger partial charge in [0.15, 0.2) is 15.8 Å². The second-order valence-electron chi connectivity index (χ2n) is 7.40. The van der Waals surface area contributed by atoms with E-state index in [1.807, 2.05) is 0 Å². The van der Waals surface area contributed by atoms with Crippen molar-refractivity contribution < 1.29 is 12.8 Å². The van der Waals surface area contributed by atoms with Gasteiger partial charge in [0.1, 0.15) is 5.82 Å². The first-order valence-electron chi connectivity index (χ1n) is 9.67. The molecule has 0 aliphatic rings. The van der Waals surface area contributed by atoms with Crippen molar-refractivity contribution in [3.8, 4) is 0 Å². The summed E-state index contributed by atoms with van der Waals surface area (Å²) in [6.07, 6.45) is 3.38. The molecule has 0 saturated carbocycles. The van der Waals surface area contributed by atoms with E-state index >= 15 is 0 Å². The van der Waals surface area contributed by atoms with Gasteiger partial charge in [0.25, 0.3) is 0 Å². The molecule has 9 heteroatoms. The summed E-state index contributed by atoms with van der Waals surface area (Å²) in [6.45, 7) is 5.42. The van der Waals surface area contributed by atoms with Crippen LogP contribution in [0.2, 0.25) is 0 Å². The number of nitrogens with zero attached hydrogens (tertiary/aromatic N) is 2. The molecule has 6 nitrogen and oxygen atoms in total. The standard InChI is InChI=1S/C20H35FN4O2S.HI/c1-7-15(8-2)19(25(4)5)13-24-20(22-3)23-12-17-11-18(21)10-9-16(17)14-28(6,26)27;/h9-11,15,19H,7-8,12-14H2,1-6H3,(H2,22,23,24);1H. The quantitative estimate of drug-likeness (QED) is 0.270. The van der Waals surface area contributed by atoms with Crippen molar-refractivity contribution in [2.24, 2.45) is 10.9 Å². The molecule has 0 aromatic heterocycles. The van der Waals surface area contributed by atoms with E-state index in [1.54, 1.807) is 7.05 Å². The zero-order chi connectivity index (χ0) is 21.3. The van der Waals surface area contributed by atoms with Gasteiger partial charge in [-0.1, -0.05) is 32.8 Å². The predicted molar refractivity (Wildman–Crippen MR) is 130 cm³/mol. The third-order valence-electron chi connectivity index (χ3n) is 4.99. The van der Waals surface area contributed by atoms with Gasteiger partial charge in [-0.25, -0.2) is 12.8 Å². The molecule has 1 rings (SSSR count). The lowest BCUT2D eigenvalue weighted by atomic mass is 9.93. The second-order valence-corrected chi connectivity index (χ2v) is 9.54. The summed E-state index contributed by atoms with van der Waals surface area (Å²) in [4.78, 5) is 6.45. The number of sulfone groups is 1. The summed E-state index contributed by atoms with van der Waals surface area (Å²) in [5.41, 5.74) is 1.20. The average molecular weight is 543 g/mol. The van der Waals surface area contributed by atoms with Gasteiger partial charge in [-0.2, -0.15) is 0 Å². The minimum absolute atomic E-state index is 0. The molecule has 0 radical (unpaired) electrons. The van der Waals surface area contributed by atoms with E-state index in [0.29, 0.717) is 35.6 Å². The third kappa shape index (κ3) is 10.1. The van der Waals surface area contributed by atoms with E-state index < -0.39 is 15.7 Å². The van der Waals surface area contributed by atoms with E-state index in [0.717, 1.165) is 19.4 Å². The Balaban J connectivity index is 0.00000784. The smallest absolute Gasteiger partial charge is 0.191 e. The third-order valence-corrected chi connectivity index (χ3v) is 5.83. The van der Waals surface area contributed by atoms with E-state index in [9.17, 15) is 12.8 Å². The summed E-state index contributed by atoms with van der Waals surface area (Å²) in [5, 5.41) is 6.50. The van der Waals surface area contributed by atoms with Gasteiger partial charge >= 0.3 is 0 Å². The monoisotopic (exact) mass is 542 g/mol. The van der Waals surface area contributed by atoms with E-state index in [4.69, 9.17) is 0 Å². The molecular formula is C20H36FIN4O2S. The van der Waals surface area contributed by atoms with Crippen molar-refractivity contribution >= 4 is 39.8 Å². The number of guanidine groups is 1. The predicted octanol–water partition coefficient (Wildman–Crippen LogP) is 3.02. The first-order valence-corrected chi connectivity index (χ1v) is 11.7. The molecule has 0 bridgehead atoms. The number of benzene rings is 1. The number of rotatable bonds is 10. The Morgan fingerprint density at radius 3 is 2.28 bits per heavy atom. The lowest BCUT2D eigenvalue weighted by Gasteiger charge is -2.32. The van der Waals surface area contributed by atoms with Crippen molar-refractivity contribution in [1.82, 2.24) is 15.5 Å². The van der Waals surface area contributed by atoms with Crippen molar-refractivity contribution in [2.45, 2.75) is 45.0 Å². The number of likely N-dealkylation sites (N-methyl/N-ethyl adjacent to an activating group) is 1. The van der Waals surface area contributed by atoms with Crippen LogP contribution in [0.1, 0.15) is 37.8 Å². The van der Waals surface area contributed by atoms with Crippen LogP contribution in [-0.2, 0) is 22.1 Å². The maximum absolute atomic E-state index is 13.7. The van der Waals surface area contributed by atoms with Crippen LogP contribution in [0.3, 0.4) is 0 Å². The highest BCUT2D eigenvalue weighted by atomic mass is 127. The highest BCUT2D eigenvalue weighted by Gasteiger charge is 2.21. The van der Waals surface area contributed by atoms with Crippen molar-refractivity contribution in [3.63, 3.8) is 0 Å². The zero-order valence-electron chi connectivity index (χ0n) is 18.3. The van der Waals surface area contributed by atoms with Crippen LogP contribution in [0.15, 0.2) is 23.2 Å². The lowest BCUT2D eigenvalue weighted by molar-refractivity contribution is 0.200. The van der Waals surface area contributed by atoms with Crippen molar-refractivity contribution in [3.05, 3.63) is 35.1 Å². The van der Waals surface area contributed by atoms with Crippen LogP contribution in [0.5, 0.6) is 0 Å². The number of hydrogen-bond donors (Lipinski definition) is 2. The molecule has 1 aromatic carbocycles. The van der Waals surface area contributed by atoms with Gasteiger partial charge in [-0.05, 0) is 43.3 Å². The normalized spacial score (nSPS) is 13.3. The molecule has 0 heterocycles. The summed E-state index contributed by atoms with van der Waals surface area (Å²) >= 11 is 0. The molecule has 0 spiro atoms. The SMILES string of the molecule is CCC(CC)C(CNC(=NC)NCc1cc(F)ccc1CS(C)(=O)=O)N(C)C.I. The van der Waals surface area contributed by atoms with Gasteiger partial charge < -0.3 is 15.5 Å². The zero-order valence-corrected chi connectivity index (χ0v) is 21.5. The highest BCUT2D eigenvalue weighted by molar-refractivity contribution is 14.0. The Bertz CT molecular complexity index is 753. The van der Waals surface area contributed by atoms with Crippen LogP contribution >= 0.6 is 24.0 Å². The Hall–Kier alpha value is -0.940. The van der Waals surface area contributed by atoms with Crippen molar-refractivity contribution in [1.29, 1.82) is 0 Å². The molecule has 0 fully saturated rings. The van der Waals surface area contributed by atoms with Crippen LogP contribution in [0.4, 0.5) is 4.39 Å². The fourth-order valence-corrected chi connectivity index (χ4v) is 4.23. The highest BCUT2D eigenvalue weighted by Crippen LogP contribution is 2.17. The fraction of sp³-hybridized carbons (Fsp3) is 0.650. The molecule has 0 saturated heterocycles. The van der Waals surface area contributed by atoms with E-state index in [2.05, 4.69) is 48.5 Å². The topological polar surface area (TPSA) is 73.8 Å². The van der Waals surface area contributed by atoms with Gasteiger partial charge in [0.05, 0.1) is 5.75 Å². The number of hydrogen-bond acceptors (Lipinski definition) is 4. The molecular weight excluding hydrogens is 506 g/mol. The van der Waals surface area contributed by atoms with Crippen molar-refractivity contribution in [2.75, 3.05) is 33.9 Å². The lowest BCUT2D eigenvalue weighted by Crippen LogP contribution is -2.47. The fourth-order valence-electron chi connectivity index (χ4n) is 3.39. The number of aliphatic imine (C=N–C) groups is 1. The second kappa shape index (κ2) is 13.4. The number of halogens is 2. The molecule has 0 aliphatic carbocycles. The van der Waals surface area contributed by atoms with Crippen LogP contribution in [-0.4, -0.2) is 59.3 Å². The van der Waals surface area contributed by atoms with Crippen LogP contribution in [0, 0.1) is 11.7 Å². The molecule has 0 amide bonds.